The Balaban J connectivity index is 0.000000654. The zero-order valence-corrected chi connectivity index (χ0v) is 28.3. The summed E-state index contributed by atoms with van der Waals surface area (Å²) in [6.07, 6.45) is -0.0701. The quantitative estimate of drug-likeness (QED) is 0.115. The topological polar surface area (TPSA) is 173 Å². The van der Waals surface area contributed by atoms with Crippen LogP contribution in [-0.4, -0.2) is 67.7 Å². The fourth-order valence-corrected chi connectivity index (χ4v) is 5.58. The van der Waals surface area contributed by atoms with Crippen LogP contribution < -0.4 is 20.5 Å². The third-order valence-corrected chi connectivity index (χ3v) is 8.25. The predicted molar refractivity (Wildman–Crippen MR) is 185 cm³/mol. The molecular formula is C36H38F3N7O5. The lowest BCUT2D eigenvalue weighted by Crippen LogP contribution is -2.50. The maximum atomic E-state index is 13.4. The van der Waals surface area contributed by atoms with Gasteiger partial charge in [0.25, 0.3) is 0 Å². The number of aromatic amines is 2. The zero-order valence-electron chi connectivity index (χ0n) is 28.3. The summed E-state index contributed by atoms with van der Waals surface area (Å²) < 4.78 is 45.0. The molecule has 51 heavy (non-hydrogen) atoms. The van der Waals surface area contributed by atoms with Gasteiger partial charge < -0.3 is 40.2 Å². The number of aromatic nitrogens is 5. The van der Waals surface area contributed by atoms with Crippen LogP contribution in [0.4, 0.5) is 13.2 Å². The van der Waals surface area contributed by atoms with Crippen LogP contribution in [0.1, 0.15) is 48.2 Å². The molecule has 6 aromatic rings. The van der Waals surface area contributed by atoms with Crippen molar-refractivity contribution in [2.75, 3.05) is 14.2 Å². The van der Waals surface area contributed by atoms with Gasteiger partial charge in [0.2, 0.25) is 5.91 Å². The van der Waals surface area contributed by atoms with E-state index in [4.69, 9.17) is 35.3 Å². The number of halogens is 3. The number of aliphatic carboxylic acids is 1. The van der Waals surface area contributed by atoms with Gasteiger partial charge in [0.05, 0.1) is 32.3 Å². The van der Waals surface area contributed by atoms with E-state index in [0.717, 1.165) is 44.3 Å². The molecule has 6 rings (SSSR count). The van der Waals surface area contributed by atoms with E-state index in [-0.39, 0.29) is 5.91 Å². The standard InChI is InChI=1S/C34H37N7O3.C2HF3O2/c1-34(2,35)33(42)38-29(15-22-18-36-27-11-7-5-9-25(22)27)32-40-39-31(16-23-19-37-28-12-8-6-10-26(23)28)41(32)20-21-13-14-24(43-3)17-30(21)44-4;3-2(4,5)1(6)7/h5-14,17-19,29,36-37H,15-16,20,35H2,1-4H3,(H,38,42);(H,6,7)/t29-;/m1./s1. The molecule has 0 aliphatic rings. The summed E-state index contributed by atoms with van der Waals surface area (Å²) >= 11 is 0. The molecule has 12 nitrogen and oxygen atoms in total. The van der Waals surface area contributed by atoms with E-state index in [0.29, 0.717) is 36.7 Å². The fourth-order valence-electron chi connectivity index (χ4n) is 5.58. The van der Waals surface area contributed by atoms with Gasteiger partial charge in [-0.05, 0) is 49.2 Å². The second kappa shape index (κ2) is 15.0. The fraction of sp³-hybridized carbons (Fsp3) is 0.278. The predicted octanol–water partition coefficient (Wildman–Crippen LogP) is 5.67. The molecule has 0 aliphatic carbocycles. The molecule has 0 unspecified atom stereocenters. The van der Waals surface area contributed by atoms with E-state index < -0.39 is 23.7 Å². The van der Waals surface area contributed by atoms with Gasteiger partial charge in [-0.25, -0.2) is 4.79 Å². The van der Waals surface area contributed by atoms with Crippen molar-refractivity contribution < 1.29 is 37.3 Å². The summed E-state index contributed by atoms with van der Waals surface area (Å²) in [7, 11) is 3.27. The minimum Gasteiger partial charge on any atom is -0.497 e. The van der Waals surface area contributed by atoms with Crippen LogP contribution in [0.25, 0.3) is 21.8 Å². The molecule has 3 aromatic heterocycles. The number of nitrogens with one attached hydrogen (secondary N) is 3. The van der Waals surface area contributed by atoms with Crippen molar-refractivity contribution in [1.82, 2.24) is 30.0 Å². The molecule has 1 amide bonds. The Bertz CT molecular complexity index is 2150. The Hall–Kier alpha value is -5.83. The number of methoxy groups -OCH3 is 2. The first-order valence-corrected chi connectivity index (χ1v) is 15.8. The Morgan fingerprint density at radius 2 is 1.49 bits per heavy atom. The highest BCUT2D eigenvalue weighted by molar-refractivity contribution is 5.86. The highest BCUT2D eigenvalue weighted by Gasteiger charge is 2.38. The van der Waals surface area contributed by atoms with Crippen LogP contribution in [0.15, 0.2) is 79.1 Å². The second-order valence-electron chi connectivity index (χ2n) is 12.4. The number of carboxylic acid groups (broad SMARTS) is 1. The lowest BCUT2D eigenvalue weighted by Gasteiger charge is -2.25. The number of fused-ring (bicyclic) bond motifs is 2. The molecule has 0 spiro atoms. The van der Waals surface area contributed by atoms with Crippen molar-refractivity contribution in [3.63, 3.8) is 0 Å². The Morgan fingerprint density at radius 3 is 2.06 bits per heavy atom. The van der Waals surface area contributed by atoms with Crippen molar-refractivity contribution in [2.45, 2.75) is 51.0 Å². The molecule has 268 valence electrons. The second-order valence-corrected chi connectivity index (χ2v) is 12.4. The number of H-pyrrole nitrogens is 2. The molecular weight excluding hydrogens is 667 g/mol. The van der Waals surface area contributed by atoms with Crippen LogP contribution in [0.3, 0.4) is 0 Å². The Labute approximate surface area is 290 Å². The number of rotatable bonds is 11. The molecule has 0 fully saturated rings. The average Bonchev–Trinajstić information content (AvgIpc) is 3.81. The van der Waals surface area contributed by atoms with Crippen molar-refractivity contribution in [3.05, 3.63) is 107 Å². The van der Waals surface area contributed by atoms with Crippen LogP contribution in [-0.2, 0) is 29.0 Å². The molecule has 0 saturated carbocycles. The summed E-state index contributed by atoms with van der Waals surface area (Å²) in [6.45, 7) is 3.81. The van der Waals surface area contributed by atoms with Crippen LogP contribution in [0, 0.1) is 0 Å². The molecule has 1 atom stereocenters. The van der Waals surface area contributed by atoms with E-state index in [1.807, 2.05) is 60.9 Å². The van der Waals surface area contributed by atoms with Crippen molar-refractivity contribution in [2.24, 2.45) is 5.73 Å². The number of para-hydroxylation sites is 2. The van der Waals surface area contributed by atoms with Gasteiger partial charge in [-0.15, -0.1) is 10.2 Å². The molecule has 3 aromatic carbocycles. The lowest BCUT2D eigenvalue weighted by atomic mass is 10.0. The van der Waals surface area contributed by atoms with Gasteiger partial charge in [0.15, 0.2) is 5.82 Å². The highest BCUT2D eigenvalue weighted by atomic mass is 19.4. The third kappa shape index (κ3) is 8.49. The van der Waals surface area contributed by atoms with Gasteiger partial charge in [0, 0.05) is 58.7 Å². The average molecular weight is 706 g/mol. The molecule has 15 heteroatoms. The number of ether oxygens (including phenoxy) is 2. The number of amides is 1. The van der Waals surface area contributed by atoms with Crippen LogP contribution >= 0.6 is 0 Å². The lowest BCUT2D eigenvalue weighted by molar-refractivity contribution is -0.192. The first-order chi connectivity index (χ1) is 24.2. The number of carbonyl (C=O) groups excluding carboxylic acids is 1. The monoisotopic (exact) mass is 705 g/mol. The van der Waals surface area contributed by atoms with Crippen LogP contribution in [0.5, 0.6) is 11.5 Å². The largest absolute Gasteiger partial charge is 0.497 e. The summed E-state index contributed by atoms with van der Waals surface area (Å²) in [5, 5.41) is 22.0. The van der Waals surface area contributed by atoms with E-state index in [1.165, 1.54) is 0 Å². The number of nitrogens with two attached hydrogens (primary N) is 1. The van der Waals surface area contributed by atoms with E-state index >= 15 is 0 Å². The van der Waals surface area contributed by atoms with Crippen molar-refractivity contribution in [3.8, 4) is 11.5 Å². The van der Waals surface area contributed by atoms with Gasteiger partial charge in [-0.1, -0.05) is 36.4 Å². The normalized spacial score (nSPS) is 12.3. The van der Waals surface area contributed by atoms with Gasteiger partial charge in [0.1, 0.15) is 17.3 Å². The number of carboxylic acids is 1. The smallest absolute Gasteiger partial charge is 0.490 e. The van der Waals surface area contributed by atoms with E-state index in [2.05, 4.69) is 38.1 Å². The number of nitrogens with zero attached hydrogens (tertiary/aromatic N) is 3. The molecule has 3 heterocycles. The molecule has 0 aliphatic heterocycles. The summed E-state index contributed by atoms with van der Waals surface area (Å²) in [4.78, 5) is 29.0. The molecule has 0 bridgehead atoms. The minimum absolute atomic E-state index is 0.280. The number of hydrogen-bond acceptors (Lipinski definition) is 7. The first kappa shape index (κ1) is 36.5. The van der Waals surface area contributed by atoms with Gasteiger partial charge >= 0.3 is 12.1 Å². The Morgan fingerprint density at radius 1 is 0.902 bits per heavy atom. The summed E-state index contributed by atoms with van der Waals surface area (Å²) in [5.41, 5.74) is 10.3. The highest BCUT2D eigenvalue weighted by Crippen LogP contribution is 2.30. The maximum absolute atomic E-state index is 13.4. The van der Waals surface area contributed by atoms with Crippen molar-refractivity contribution in [1.29, 1.82) is 0 Å². The van der Waals surface area contributed by atoms with E-state index in [9.17, 15) is 18.0 Å². The summed E-state index contributed by atoms with van der Waals surface area (Å²) in [6, 6.07) is 21.5. The zero-order chi connectivity index (χ0) is 36.9. The third-order valence-electron chi connectivity index (χ3n) is 8.25. The van der Waals surface area contributed by atoms with Gasteiger partial charge in [-0.3, -0.25) is 4.79 Å². The number of alkyl halides is 3. The SMILES string of the molecule is COc1ccc(Cn2c(Cc3c[nH]c4ccccc34)nnc2[C@@H](Cc2c[nH]c3ccccc23)NC(=O)C(C)(C)N)c(OC)c1.O=C(O)C(F)(F)F. The van der Waals surface area contributed by atoms with Crippen molar-refractivity contribution >= 4 is 33.7 Å². The number of hydrogen-bond donors (Lipinski definition) is 5. The number of carbonyl (C=O) groups is 2. The first-order valence-electron chi connectivity index (χ1n) is 15.8. The number of benzene rings is 3. The summed E-state index contributed by atoms with van der Waals surface area (Å²) in [5.74, 6) is -0.274. The van der Waals surface area contributed by atoms with Gasteiger partial charge in [-0.2, -0.15) is 13.2 Å². The van der Waals surface area contributed by atoms with Crippen LogP contribution in [0.2, 0.25) is 0 Å². The maximum Gasteiger partial charge on any atom is 0.490 e. The minimum atomic E-state index is -5.08. The van der Waals surface area contributed by atoms with E-state index in [1.54, 1.807) is 28.1 Å². The Kier molecular flexibility index (Phi) is 10.7. The molecule has 6 N–H and O–H groups in total. The molecule has 0 saturated heterocycles. The molecule has 0 radical (unpaired) electrons.